The van der Waals surface area contributed by atoms with E-state index in [0.717, 1.165) is 18.0 Å². The molecule has 1 atom stereocenters. The molecule has 0 unspecified atom stereocenters. The van der Waals surface area contributed by atoms with Gasteiger partial charge in [-0.1, -0.05) is 25.4 Å². The molecule has 1 aromatic heterocycles. The minimum Gasteiger partial charge on any atom is -0.357 e. The monoisotopic (exact) mass is 262 g/mol. The smallest absolute Gasteiger partial charge is 0.0478 e. The lowest BCUT2D eigenvalue weighted by molar-refractivity contribution is 0.409. The van der Waals surface area contributed by atoms with E-state index >= 15 is 0 Å². The summed E-state index contributed by atoms with van der Waals surface area (Å²) in [6.45, 7) is 5.61. The molecule has 3 rings (SSSR count). The number of hydrogen-bond donors (Lipinski definition) is 2. The average Bonchev–Trinajstić information content (AvgIpc) is 2.68. The van der Waals surface area contributed by atoms with Crippen LogP contribution in [0.4, 0.5) is 0 Å². The van der Waals surface area contributed by atoms with Crippen LogP contribution < -0.4 is 5.32 Å². The SMILES string of the molecule is CC(C)C[C@@H]1NCCc2c1[nH]c1ccc(Cl)cc21. The number of benzene rings is 1. The molecule has 2 nitrogen and oxygen atoms in total. The Labute approximate surface area is 113 Å². The lowest BCUT2D eigenvalue weighted by atomic mass is 9.93. The number of hydrogen-bond acceptors (Lipinski definition) is 1. The van der Waals surface area contributed by atoms with Gasteiger partial charge in [0.25, 0.3) is 0 Å². The van der Waals surface area contributed by atoms with Gasteiger partial charge in [0.05, 0.1) is 0 Å². The molecule has 1 aliphatic heterocycles. The summed E-state index contributed by atoms with van der Waals surface area (Å²) < 4.78 is 0. The average molecular weight is 263 g/mol. The summed E-state index contributed by atoms with van der Waals surface area (Å²) in [4.78, 5) is 3.58. The Morgan fingerprint density at radius 2 is 2.22 bits per heavy atom. The van der Waals surface area contributed by atoms with Crippen LogP contribution in [0.5, 0.6) is 0 Å². The Balaban J connectivity index is 2.09. The first-order valence-corrected chi connectivity index (χ1v) is 7.06. The van der Waals surface area contributed by atoms with Gasteiger partial charge in [0.15, 0.2) is 0 Å². The topological polar surface area (TPSA) is 27.8 Å². The summed E-state index contributed by atoms with van der Waals surface area (Å²) in [6, 6.07) is 6.59. The molecule has 3 heteroatoms. The predicted molar refractivity (Wildman–Crippen MR) is 77.2 cm³/mol. The summed E-state index contributed by atoms with van der Waals surface area (Å²) in [5.74, 6) is 0.698. The van der Waals surface area contributed by atoms with Crippen LogP contribution in [0, 0.1) is 5.92 Å². The Bertz CT molecular complexity index is 571. The van der Waals surface area contributed by atoms with Gasteiger partial charge in [0.2, 0.25) is 0 Å². The van der Waals surface area contributed by atoms with Gasteiger partial charge in [-0.3, -0.25) is 0 Å². The van der Waals surface area contributed by atoms with Gasteiger partial charge in [-0.2, -0.15) is 0 Å². The number of rotatable bonds is 2. The lowest BCUT2D eigenvalue weighted by Gasteiger charge is -2.25. The molecule has 0 saturated carbocycles. The van der Waals surface area contributed by atoms with E-state index in [-0.39, 0.29) is 0 Å². The van der Waals surface area contributed by atoms with Crippen molar-refractivity contribution < 1.29 is 0 Å². The van der Waals surface area contributed by atoms with Crippen molar-refractivity contribution in [2.24, 2.45) is 5.92 Å². The molecule has 2 aromatic rings. The highest BCUT2D eigenvalue weighted by atomic mass is 35.5. The van der Waals surface area contributed by atoms with Crippen LogP contribution in [0.2, 0.25) is 5.02 Å². The van der Waals surface area contributed by atoms with Crippen molar-refractivity contribution in [1.82, 2.24) is 10.3 Å². The molecular formula is C15H19ClN2. The third-order valence-corrected chi connectivity index (χ3v) is 3.96. The van der Waals surface area contributed by atoms with Crippen LogP contribution in [0.25, 0.3) is 10.9 Å². The van der Waals surface area contributed by atoms with E-state index in [2.05, 4.69) is 36.3 Å². The first-order valence-electron chi connectivity index (χ1n) is 6.68. The van der Waals surface area contributed by atoms with Gasteiger partial charge in [0.1, 0.15) is 0 Å². The summed E-state index contributed by atoms with van der Waals surface area (Å²) in [6.07, 6.45) is 2.26. The van der Waals surface area contributed by atoms with Crippen LogP contribution >= 0.6 is 11.6 Å². The summed E-state index contributed by atoms with van der Waals surface area (Å²) >= 11 is 6.11. The van der Waals surface area contributed by atoms with Crippen LogP contribution in [-0.2, 0) is 6.42 Å². The van der Waals surface area contributed by atoms with Gasteiger partial charge in [-0.05, 0) is 49.1 Å². The summed E-state index contributed by atoms with van der Waals surface area (Å²) in [5.41, 5.74) is 4.03. The fourth-order valence-corrected chi connectivity index (χ4v) is 3.13. The molecule has 96 valence electrons. The quantitative estimate of drug-likeness (QED) is 0.840. The Hall–Kier alpha value is -0.990. The van der Waals surface area contributed by atoms with Gasteiger partial charge < -0.3 is 10.3 Å². The Morgan fingerprint density at radius 3 is 3.00 bits per heavy atom. The number of halogens is 1. The van der Waals surface area contributed by atoms with Crippen LogP contribution in [-0.4, -0.2) is 11.5 Å². The highest BCUT2D eigenvalue weighted by Gasteiger charge is 2.24. The maximum atomic E-state index is 6.11. The number of fused-ring (bicyclic) bond motifs is 3. The molecule has 2 heterocycles. The molecule has 1 aromatic carbocycles. The lowest BCUT2D eigenvalue weighted by Crippen LogP contribution is -2.30. The van der Waals surface area contributed by atoms with Gasteiger partial charge in [-0.25, -0.2) is 0 Å². The van der Waals surface area contributed by atoms with Crippen molar-refractivity contribution in [3.05, 3.63) is 34.5 Å². The molecular weight excluding hydrogens is 244 g/mol. The van der Waals surface area contributed by atoms with Crippen molar-refractivity contribution in [2.75, 3.05) is 6.54 Å². The standard InChI is InChI=1S/C15H19ClN2/c1-9(2)7-14-15-11(5-6-17-14)12-8-10(16)3-4-13(12)18-15/h3-4,8-9,14,17-18H,5-7H2,1-2H3/t14-/m0/s1. The van der Waals surface area contributed by atoms with E-state index in [4.69, 9.17) is 11.6 Å². The molecule has 2 N–H and O–H groups in total. The van der Waals surface area contributed by atoms with E-state index in [1.807, 2.05) is 6.07 Å². The molecule has 18 heavy (non-hydrogen) atoms. The molecule has 1 aliphatic rings. The van der Waals surface area contributed by atoms with E-state index in [0.29, 0.717) is 12.0 Å². The summed E-state index contributed by atoms with van der Waals surface area (Å²) in [5, 5.41) is 5.74. The second-order valence-corrected chi connectivity index (χ2v) is 6.03. The zero-order chi connectivity index (χ0) is 12.7. The molecule has 0 spiro atoms. The normalized spacial score (nSPS) is 19.4. The molecule has 0 amide bonds. The highest BCUT2D eigenvalue weighted by molar-refractivity contribution is 6.31. The molecule has 0 fully saturated rings. The minimum absolute atomic E-state index is 0.458. The van der Waals surface area contributed by atoms with Gasteiger partial charge in [-0.15, -0.1) is 0 Å². The first-order chi connectivity index (χ1) is 8.65. The second-order valence-electron chi connectivity index (χ2n) is 5.59. The number of nitrogens with one attached hydrogen (secondary N) is 2. The predicted octanol–water partition coefficient (Wildman–Crippen LogP) is 4.05. The third kappa shape index (κ3) is 2.04. The van der Waals surface area contributed by atoms with E-state index in [1.54, 1.807) is 0 Å². The highest BCUT2D eigenvalue weighted by Crippen LogP contribution is 2.33. The number of aromatic amines is 1. The van der Waals surface area contributed by atoms with Crippen molar-refractivity contribution in [1.29, 1.82) is 0 Å². The van der Waals surface area contributed by atoms with Crippen molar-refractivity contribution in [2.45, 2.75) is 32.7 Å². The maximum Gasteiger partial charge on any atom is 0.0478 e. The number of aromatic nitrogens is 1. The Kier molecular flexibility index (Phi) is 3.08. The molecule has 0 bridgehead atoms. The summed E-state index contributed by atoms with van der Waals surface area (Å²) in [7, 11) is 0. The van der Waals surface area contributed by atoms with E-state index in [9.17, 15) is 0 Å². The zero-order valence-electron chi connectivity index (χ0n) is 10.9. The fraction of sp³-hybridized carbons (Fsp3) is 0.467. The fourth-order valence-electron chi connectivity index (χ4n) is 2.95. The van der Waals surface area contributed by atoms with E-state index in [1.165, 1.54) is 28.6 Å². The van der Waals surface area contributed by atoms with E-state index < -0.39 is 0 Å². The number of H-pyrrole nitrogens is 1. The first kappa shape index (κ1) is 12.1. The van der Waals surface area contributed by atoms with Crippen LogP contribution in [0.1, 0.15) is 37.6 Å². The minimum atomic E-state index is 0.458. The zero-order valence-corrected chi connectivity index (χ0v) is 11.6. The van der Waals surface area contributed by atoms with Gasteiger partial charge >= 0.3 is 0 Å². The maximum absolute atomic E-state index is 6.11. The van der Waals surface area contributed by atoms with Crippen LogP contribution in [0.15, 0.2) is 18.2 Å². The molecule has 0 radical (unpaired) electrons. The Morgan fingerprint density at radius 1 is 1.39 bits per heavy atom. The van der Waals surface area contributed by atoms with Crippen molar-refractivity contribution in [3.63, 3.8) is 0 Å². The van der Waals surface area contributed by atoms with Crippen molar-refractivity contribution >= 4 is 22.5 Å². The largest absolute Gasteiger partial charge is 0.357 e. The molecule has 0 saturated heterocycles. The third-order valence-electron chi connectivity index (χ3n) is 3.72. The van der Waals surface area contributed by atoms with Crippen LogP contribution in [0.3, 0.4) is 0 Å². The molecule has 0 aliphatic carbocycles. The van der Waals surface area contributed by atoms with Crippen molar-refractivity contribution in [3.8, 4) is 0 Å². The van der Waals surface area contributed by atoms with Gasteiger partial charge in [0, 0.05) is 27.7 Å². The second kappa shape index (κ2) is 4.60.